The molecule has 0 unspecified atom stereocenters. The molecule has 2 N–H and O–H groups in total. The van der Waals surface area contributed by atoms with Gasteiger partial charge in [0.2, 0.25) is 0 Å². The Morgan fingerprint density at radius 2 is 1.65 bits per heavy atom. The van der Waals surface area contributed by atoms with E-state index in [-0.39, 0.29) is 0 Å². The molecule has 23 heavy (non-hydrogen) atoms. The Morgan fingerprint density at radius 1 is 0.957 bits per heavy atom. The van der Waals surface area contributed by atoms with Crippen LogP contribution in [0.2, 0.25) is 0 Å². The lowest BCUT2D eigenvalue weighted by molar-refractivity contribution is -0.897. The molecule has 2 nitrogen and oxygen atoms in total. The van der Waals surface area contributed by atoms with Gasteiger partial charge in [0.15, 0.2) is 0 Å². The van der Waals surface area contributed by atoms with E-state index in [0.717, 1.165) is 24.9 Å². The van der Waals surface area contributed by atoms with Crippen molar-refractivity contribution >= 4 is 0 Å². The first-order valence-electron chi connectivity index (χ1n) is 9.36. The maximum Gasteiger partial charge on any atom is 0.139 e. The van der Waals surface area contributed by atoms with Crippen molar-refractivity contribution in [2.24, 2.45) is 5.92 Å². The van der Waals surface area contributed by atoms with Crippen molar-refractivity contribution in [1.82, 2.24) is 0 Å². The zero-order valence-electron chi connectivity index (χ0n) is 14.2. The lowest BCUT2D eigenvalue weighted by Crippen LogP contribution is -3.12. The van der Waals surface area contributed by atoms with Gasteiger partial charge in [0.25, 0.3) is 0 Å². The first-order valence-corrected chi connectivity index (χ1v) is 9.36. The first kappa shape index (κ1) is 16.6. The van der Waals surface area contributed by atoms with Gasteiger partial charge < -0.3 is 10.0 Å². The zero-order valence-corrected chi connectivity index (χ0v) is 14.2. The lowest BCUT2D eigenvalue weighted by atomic mass is 9.78. The van der Waals surface area contributed by atoms with Crippen LogP contribution in [0.3, 0.4) is 0 Å². The van der Waals surface area contributed by atoms with E-state index in [9.17, 15) is 5.11 Å². The fourth-order valence-electron chi connectivity index (χ4n) is 4.23. The summed E-state index contributed by atoms with van der Waals surface area (Å²) in [5, 5.41) is 11.4. The van der Waals surface area contributed by atoms with Gasteiger partial charge in [0, 0.05) is 6.42 Å². The second kappa shape index (κ2) is 7.99. The summed E-state index contributed by atoms with van der Waals surface area (Å²) >= 11 is 0. The van der Waals surface area contributed by atoms with E-state index >= 15 is 0 Å². The average molecular weight is 312 g/mol. The van der Waals surface area contributed by atoms with Gasteiger partial charge in [0.1, 0.15) is 12.1 Å². The molecule has 0 amide bonds. The van der Waals surface area contributed by atoms with Gasteiger partial charge in [-0.2, -0.15) is 0 Å². The van der Waals surface area contributed by atoms with Gasteiger partial charge in [0.05, 0.1) is 13.1 Å². The average Bonchev–Trinajstić information content (AvgIpc) is 3.15. The molecule has 1 saturated carbocycles. The summed E-state index contributed by atoms with van der Waals surface area (Å²) in [6, 6.07) is 10.2. The number of benzene rings is 1. The van der Waals surface area contributed by atoms with Crippen LogP contribution >= 0.6 is 0 Å². The van der Waals surface area contributed by atoms with Crippen molar-refractivity contribution in [2.45, 2.75) is 57.0 Å². The van der Waals surface area contributed by atoms with Crippen molar-refractivity contribution in [3.05, 3.63) is 35.9 Å². The molecule has 0 bridgehead atoms. The zero-order chi connectivity index (χ0) is 16.0. The molecule has 2 aliphatic rings. The molecule has 0 spiro atoms. The van der Waals surface area contributed by atoms with E-state index in [1.165, 1.54) is 45.2 Å². The fraction of sp³-hybridized carbons (Fsp3) is 0.619. The summed E-state index contributed by atoms with van der Waals surface area (Å²) in [7, 11) is 0. The van der Waals surface area contributed by atoms with Gasteiger partial charge in [-0.25, -0.2) is 0 Å². The topological polar surface area (TPSA) is 24.7 Å². The molecule has 1 aromatic rings. The Kier molecular flexibility index (Phi) is 5.75. The van der Waals surface area contributed by atoms with Gasteiger partial charge in [-0.1, -0.05) is 49.1 Å². The van der Waals surface area contributed by atoms with Crippen LogP contribution in [0.4, 0.5) is 0 Å². The van der Waals surface area contributed by atoms with Crippen LogP contribution in [0.25, 0.3) is 0 Å². The second-order valence-corrected chi connectivity index (χ2v) is 7.29. The van der Waals surface area contributed by atoms with E-state index in [4.69, 9.17) is 0 Å². The van der Waals surface area contributed by atoms with Gasteiger partial charge >= 0.3 is 0 Å². The van der Waals surface area contributed by atoms with E-state index in [1.54, 1.807) is 4.90 Å². The molecule has 1 aliphatic carbocycles. The highest BCUT2D eigenvalue weighted by atomic mass is 16.3. The molecule has 0 aromatic heterocycles. The van der Waals surface area contributed by atoms with Crippen molar-refractivity contribution in [1.29, 1.82) is 0 Å². The number of nitrogens with one attached hydrogen (secondary N) is 1. The largest absolute Gasteiger partial charge is 0.384 e. The van der Waals surface area contributed by atoms with Crippen LogP contribution in [0.5, 0.6) is 0 Å². The molecule has 1 saturated heterocycles. The van der Waals surface area contributed by atoms with Gasteiger partial charge in [-0.15, -0.1) is 0 Å². The molecule has 3 rings (SSSR count). The summed E-state index contributed by atoms with van der Waals surface area (Å²) in [6.07, 6.45) is 9.38. The van der Waals surface area contributed by atoms with Crippen LogP contribution in [-0.2, 0) is 5.60 Å². The van der Waals surface area contributed by atoms with Crippen molar-refractivity contribution < 1.29 is 10.0 Å². The Hall–Kier alpha value is -1.30. The van der Waals surface area contributed by atoms with Gasteiger partial charge in [-0.3, -0.25) is 0 Å². The lowest BCUT2D eigenvalue weighted by Gasteiger charge is -2.33. The van der Waals surface area contributed by atoms with Crippen LogP contribution in [0.15, 0.2) is 30.3 Å². The number of likely N-dealkylation sites (tertiary alicyclic amines) is 1. The monoisotopic (exact) mass is 312 g/mol. The number of aliphatic hydroxyl groups is 1. The number of piperidine rings is 1. The van der Waals surface area contributed by atoms with Crippen LogP contribution in [0, 0.1) is 17.8 Å². The van der Waals surface area contributed by atoms with Crippen LogP contribution in [0.1, 0.15) is 56.9 Å². The fourth-order valence-corrected chi connectivity index (χ4v) is 4.23. The van der Waals surface area contributed by atoms with Crippen molar-refractivity contribution in [3.63, 3.8) is 0 Å². The predicted molar refractivity (Wildman–Crippen MR) is 94.1 cm³/mol. The summed E-state index contributed by atoms with van der Waals surface area (Å²) in [6.45, 7) is 3.47. The van der Waals surface area contributed by atoms with E-state index in [0.29, 0.717) is 12.3 Å². The standard InChI is InChI=1S/C21H29NO/c23-21(20-13-5-6-14-20,19-11-3-1-4-12-19)15-7-10-18-22-16-8-2-9-17-22/h1,3-4,11-12,20,23H,2,5-6,8-9,13-18H2/p+1/t21-/m1/s1. The summed E-state index contributed by atoms with van der Waals surface area (Å²) in [5.41, 5.74) is 0.286. The smallest absolute Gasteiger partial charge is 0.139 e. The number of rotatable bonds is 4. The minimum absolute atomic E-state index is 0.363. The normalized spacial score (nSPS) is 22.3. The highest BCUT2D eigenvalue weighted by Gasteiger charge is 2.39. The summed E-state index contributed by atoms with van der Waals surface area (Å²) in [5.74, 6) is 7.05. The third-order valence-electron chi connectivity index (χ3n) is 5.69. The molecule has 2 fully saturated rings. The quantitative estimate of drug-likeness (QED) is 0.821. The molecule has 0 radical (unpaired) electrons. The van der Waals surface area contributed by atoms with Crippen molar-refractivity contribution in [2.75, 3.05) is 19.6 Å². The predicted octanol–water partition coefficient (Wildman–Crippen LogP) is 2.53. The Morgan fingerprint density at radius 3 is 2.35 bits per heavy atom. The molecular weight excluding hydrogens is 282 g/mol. The van der Waals surface area contributed by atoms with E-state index < -0.39 is 5.60 Å². The molecule has 2 heteroatoms. The summed E-state index contributed by atoms with van der Waals surface area (Å²) < 4.78 is 0. The summed E-state index contributed by atoms with van der Waals surface area (Å²) in [4.78, 5) is 1.62. The molecular formula is C21H30NO+. The Balaban J connectivity index is 1.67. The maximum atomic E-state index is 11.4. The number of hydrogen-bond donors (Lipinski definition) is 2. The Labute approximate surface area is 140 Å². The third kappa shape index (κ3) is 4.16. The minimum Gasteiger partial charge on any atom is -0.384 e. The first-order chi connectivity index (χ1) is 11.3. The number of quaternary nitrogens is 1. The highest BCUT2D eigenvalue weighted by molar-refractivity contribution is 5.26. The van der Waals surface area contributed by atoms with Crippen LogP contribution < -0.4 is 4.90 Å². The molecule has 1 aromatic carbocycles. The maximum absolute atomic E-state index is 11.4. The minimum atomic E-state index is -0.762. The Bertz CT molecular complexity index is 532. The third-order valence-corrected chi connectivity index (χ3v) is 5.69. The number of hydrogen-bond acceptors (Lipinski definition) is 1. The second-order valence-electron chi connectivity index (χ2n) is 7.29. The van der Waals surface area contributed by atoms with Gasteiger partial charge in [-0.05, 0) is 49.5 Å². The molecule has 124 valence electrons. The van der Waals surface area contributed by atoms with E-state index in [1.807, 2.05) is 18.2 Å². The molecule has 1 atom stereocenters. The van der Waals surface area contributed by atoms with Crippen molar-refractivity contribution in [3.8, 4) is 11.8 Å². The van der Waals surface area contributed by atoms with E-state index in [2.05, 4.69) is 24.0 Å². The molecule has 1 aliphatic heterocycles. The molecule has 1 heterocycles. The SMILES string of the molecule is O[C@](CC#CC[NH+]1CCCCC1)(c1ccccc1)C1CCCC1. The van der Waals surface area contributed by atoms with Crippen LogP contribution in [-0.4, -0.2) is 24.7 Å². The highest BCUT2D eigenvalue weighted by Crippen LogP contribution is 2.42.